The van der Waals surface area contributed by atoms with Gasteiger partial charge < -0.3 is 21.5 Å². The fourth-order valence-electron chi connectivity index (χ4n) is 4.04. The van der Waals surface area contributed by atoms with E-state index in [0.29, 0.717) is 24.7 Å². The number of aliphatic hydroxyl groups excluding tert-OH is 1. The van der Waals surface area contributed by atoms with Crippen molar-refractivity contribution in [3.63, 3.8) is 0 Å². The third-order valence-electron chi connectivity index (χ3n) is 5.82. The van der Waals surface area contributed by atoms with Gasteiger partial charge >= 0.3 is 0 Å². The van der Waals surface area contributed by atoms with Crippen LogP contribution < -0.4 is 16.4 Å². The molecule has 1 saturated carbocycles. The second-order valence-electron chi connectivity index (χ2n) is 8.32. The average molecular weight is 425 g/mol. The van der Waals surface area contributed by atoms with Crippen LogP contribution in [0.5, 0.6) is 0 Å². The zero-order chi connectivity index (χ0) is 22.1. The monoisotopic (exact) mass is 424 g/mol. The highest BCUT2D eigenvalue weighted by Gasteiger charge is 2.28. The number of benzene rings is 1. The summed E-state index contributed by atoms with van der Waals surface area (Å²) in [5.41, 5.74) is 7.30. The second kappa shape index (κ2) is 11.5. The smallest absolute Gasteiger partial charge is 0.249 e. The van der Waals surface area contributed by atoms with Crippen LogP contribution in [0.4, 0.5) is 5.82 Å². The van der Waals surface area contributed by atoms with Gasteiger partial charge in [-0.05, 0) is 29.5 Å². The summed E-state index contributed by atoms with van der Waals surface area (Å²) in [7, 11) is 0. The molecule has 1 fully saturated rings. The molecule has 5 N–H and O–H groups in total. The minimum absolute atomic E-state index is 0.210. The number of hydrogen-bond acceptors (Lipinski definition) is 5. The van der Waals surface area contributed by atoms with Crippen LogP contribution in [0, 0.1) is 5.92 Å². The number of nitrogens with zero attached hydrogens (tertiary/aromatic N) is 1. The van der Waals surface area contributed by atoms with E-state index in [1.54, 1.807) is 18.3 Å². The van der Waals surface area contributed by atoms with Crippen molar-refractivity contribution in [3.8, 4) is 0 Å². The molecule has 0 radical (unpaired) electrons. The number of carbonyl (C=O) groups is 2. The van der Waals surface area contributed by atoms with Crippen molar-refractivity contribution in [2.45, 2.75) is 63.6 Å². The molecular weight excluding hydrogens is 392 g/mol. The topological polar surface area (TPSA) is 117 Å². The van der Waals surface area contributed by atoms with Crippen molar-refractivity contribution in [2.75, 3.05) is 5.73 Å². The molecule has 3 rings (SSSR count). The summed E-state index contributed by atoms with van der Waals surface area (Å²) in [5.74, 6) is 0.0517. The number of rotatable bonds is 9. The van der Waals surface area contributed by atoms with Crippen molar-refractivity contribution in [1.82, 2.24) is 15.6 Å². The highest BCUT2D eigenvalue weighted by Crippen LogP contribution is 2.27. The van der Waals surface area contributed by atoms with Crippen molar-refractivity contribution in [3.05, 3.63) is 59.8 Å². The molecule has 31 heavy (non-hydrogen) atoms. The summed E-state index contributed by atoms with van der Waals surface area (Å²) >= 11 is 0. The lowest BCUT2D eigenvalue weighted by Crippen LogP contribution is -2.50. The maximum absolute atomic E-state index is 12.9. The standard InChI is InChI=1S/C24H32N4O3/c25-22-12-11-19(15-26-22)16-27-23(30)20(13-17-7-3-1-4-8-17)28-24(31)21(29)14-18-9-5-2-6-10-18/h2,5-6,9-12,15,17,20-21,29H,1,3-4,7-8,13-14,16H2,(H2,25,26)(H,27,30)(H,28,31)/t20-,21+/m0/s1. The Morgan fingerprint density at radius 3 is 2.45 bits per heavy atom. The van der Waals surface area contributed by atoms with Crippen molar-refractivity contribution >= 4 is 17.6 Å². The minimum Gasteiger partial charge on any atom is -0.384 e. The van der Waals surface area contributed by atoms with E-state index in [-0.39, 0.29) is 12.3 Å². The lowest BCUT2D eigenvalue weighted by Gasteiger charge is -2.27. The predicted octanol–water partition coefficient (Wildman–Crippen LogP) is 2.34. The Kier molecular flexibility index (Phi) is 8.41. The minimum atomic E-state index is -1.20. The van der Waals surface area contributed by atoms with Crippen molar-refractivity contribution in [2.24, 2.45) is 5.92 Å². The summed E-state index contributed by atoms with van der Waals surface area (Å²) in [6, 6.07) is 12.2. The quantitative estimate of drug-likeness (QED) is 0.493. The van der Waals surface area contributed by atoms with Gasteiger partial charge in [0.1, 0.15) is 18.0 Å². The van der Waals surface area contributed by atoms with Gasteiger partial charge in [0.25, 0.3) is 0 Å². The predicted molar refractivity (Wildman–Crippen MR) is 120 cm³/mol. The Hall–Kier alpha value is -2.93. The summed E-state index contributed by atoms with van der Waals surface area (Å²) in [5, 5.41) is 16.1. The first kappa shape index (κ1) is 22.7. The van der Waals surface area contributed by atoms with Crippen LogP contribution in [0.1, 0.15) is 49.7 Å². The van der Waals surface area contributed by atoms with Crippen molar-refractivity contribution in [1.29, 1.82) is 0 Å². The normalized spacial score (nSPS) is 16.3. The molecule has 2 atom stereocenters. The number of pyridine rings is 1. The first-order chi connectivity index (χ1) is 15.0. The van der Waals surface area contributed by atoms with E-state index in [9.17, 15) is 14.7 Å². The molecule has 1 aromatic carbocycles. The van der Waals surface area contributed by atoms with Gasteiger partial charge in [0.2, 0.25) is 11.8 Å². The molecule has 1 aliphatic carbocycles. The Balaban J connectivity index is 1.60. The van der Waals surface area contributed by atoms with E-state index in [2.05, 4.69) is 15.6 Å². The molecule has 166 valence electrons. The second-order valence-corrected chi connectivity index (χ2v) is 8.32. The van der Waals surface area contributed by atoms with Gasteiger partial charge in [-0.1, -0.05) is 68.5 Å². The summed E-state index contributed by atoms with van der Waals surface area (Å²) in [6.45, 7) is 0.301. The SMILES string of the molecule is Nc1ccc(CNC(=O)[C@H](CC2CCCCC2)NC(=O)[C@H](O)Cc2ccccc2)cn1. The highest BCUT2D eigenvalue weighted by molar-refractivity contribution is 5.89. The highest BCUT2D eigenvalue weighted by atomic mass is 16.3. The molecule has 0 spiro atoms. The van der Waals surface area contributed by atoms with Gasteiger partial charge in [0.15, 0.2) is 0 Å². The summed E-state index contributed by atoms with van der Waals surface area (Å²) in [6.07, 6.45) is 6.86. The van der Waals surface area contributed by atoms with Gasteiger partial charge in [0.05, 0.1) is 0 Å². The van der Waals surface area contributed by atoms with E-state index in [0.717, 1.165) is 36.8 Å². The summed E-state index contributed by atoms with van der Waals surface area (Å²) < 4.78 is 0. The Bertz CT molecular complexity index is 836. The molecule has 2 aromatic rings. The Morgan fingerprint density at radius 1 is 1.03 bits per heavy atom. The van der Waals surface area contributed by atoms with Gasteiger partial charge in [-0.15, -0.1) is 0 Å². The number of amides is 2. The van der Waals surface area contributed by atoms with E-state index in [4.69, 9.17) is 5.73 Å². The number of nitrogen functional groups attached to an aromatic ring is 1. The molecule has 0 saturated heterocycles. The lowest BCUT2D eigenvalue weighted by molar-refractivity contribution is -0.134. The van der Waals surface area contributed by atoms with Crippen LogP contribution in [-0.4, -0.2) is 34.1 Å². The number of aromatic nitrogens is 1. The molecule has 0 unspecified atom stereocenters. The maximum atomic E-state index is 12.9. The van der Waals surface area contributed by atoms with Crippen LogP contribution in [0.3, 0.4) is 0 Å². The molecule has 1 heterocycles. The Labute approximate surface area is 183 Å². The zero-order valence-electron chi connectivity index (χ0n) is 17.8. The van der Waals surface area contributed by atoms with Crippen LogP contribution in [0.2, 0.25) is 0 Å². The van der Waals surface area contributed by atoms with Crippen LogP contribution in [0.15, 0.2) is 48.7 Å². The zero-order valence-corrected chi connectivity index (χ0v) is 17.8. The van der Waals surface area contributed by atoms with Gasteiger partial charge in [-0.25, -0.2) is 4.98 Å². The number of carbonyl (C=O) groups excluding carboxylic acids is 2. The van der Waals surface area contributed by atoms with Gasteiger partial charge in [-0.3, -0.25) is 9.59 Å². The van der Waals surface area contributed by atoms with Crippen molar-refractivity contribution < 1.29 is 14.7 Å². The lowest BCUT2D eigenvalue weighted by atomic mass is 9.84. The fourth-order valence-corrected chi connectivity index (χ4v) is 4.04. The first-order valence-electron chi connectivity index (χ1n) is 11.0. The number of nitrogens with two attached hydrogens (primary N) is 1. The molecule has 2 amide bonds. The maximum Gasteiger partial charge on any atom is 0.249 e. The van der Waals surface area contributed by atoms with Crippen LogP contribution in [-0.2, 0) is 22.6 Å². The molecule has 1 aliphatic rings. The number of aliphatic hydroxyl groups is 1. The molecule has 7 heteroatoms. The molecule has 1 aromatic heterocycles. The number of nitrogens with one attached hydrogen (secondary N) is 2. The molecule has 0 aliphatic heterocycles. The van der Waals surface area contributed by atoms with Gasteiger partial charge in [-0.2, -0.15) is 0 Å². The fraction of sp³-hybridized carbons (Fsp3) is 0.458. The Morgan fingerprint density at radius 2 is 1.77 bits per heavy atom. The van der Waals surface area contributed by atoms with E-state index < -0.39 is 18.1 Å². The average Bonchev–Trinajstić information content (AvgIpc) is 2.79. The number of anilines is 1. The van der Waals surface area contributed by atoms with Crippen LogP contribution in [0.25, 0.3) is 0 Å². The van der Waals surface area contributed by atoms with E-state index >= 15 is 0 Å². The van der Waals surface area contributed by atoms with E-state index in [1.807, 2.05) is 30.3 Å². The van der Waals surface area contributed by atoms with E-state index in [1.165, 1.54) is 6.42 Å². The molecule has 7 nitrogen and oxygen atoms in total. The summed E-state index contributed by atoms with van der Waals surface area (Å²) in [4.78, 5) is 29.6. The third kappa shape index (κ3) is 7.36. The largest absolute Gasteiger partial charge is 0.384 e. The molecule has 0 bridgehead atoms. The first-order valence-corrected chi connectivity index (χ1v) is 11.0. The van der Waals surface area contributed by atoms with Gasteiger partial charge in [0, 0.05) is 19.2 Å². The third-order valence-corrected chi connectivity index (χ3v) is 5.82. The van der Waals surface area contributed by atoms with Crippen LogP contribution >= 0.6 is 0 Å². The molecular formula is C24H32N4O3. The number of hydrogen-bond donors (Lipinski definition) is 4.